The molecule has 0 bridgehead atoms. The first kappa shape index (κ1) is 19.5. The third-order valence-electron chi connectivity index (χ3n) is 4.41. The van der Waals surface area contributed by atoms with Crippen molar-refractivity contribution in [1.29, 1.82) is 0 Å². The van der Waals surface area contributed by atoms with Gasteiger partial charge in [-0.1, -0.05) is 62.4 Å². The van der Waals surface area contributed by atoms with Crippen molar-refractivity contribution in [3.05, 3.63) is 90.0 Å². The van der Waals surface area contributed by atoms with Crippen LogP contribution in [0.2, 0.25) is 0 Å². The molecule has 0 fully saturated rings. The van der Waals surface area contributed by atoms with Crippen LogP contribution in [0.5, 0.6) is 17.2 Å². The van der Waals surface area contributed by atoms with Crippen LogP contribution in [0.15, 0.2) is 78.9 Å². The molecule has 1 N–H and O–H groups in total. The third-order valence-corrected chi connectivity index (χ3v) is 4.41. The van der Waals surface area contributed by atoms with Crippen molar-refractivity contribution in [1.82, 2.24) is 0 Å². The van der Waals surface area contributed by atoms with E-state index in [0.29, 0.717) is 11.5 Å². The van der Waals surface area contributed by atoms with Crippen LogP contribution in [0.1, 0.15) is 30.9 Å². The normalized spacial score (nSPS) is 11.8. The lowest BCUT2D eigenvalue weighted by molar-refractivity contribution is -0.145. The van der Waals surface area contributed by atoms with Gasteiger partial charge in [0.25, 0.3) is 0 Å². The van der Waals surface area contributed by atoms with E-state index in [4.69, 9.17) is 9.47 Å². The van der Waals surface area contributed by atoms with Gasteiger partial charge in [0.1, 0.15) is 17.2 Å². The van der Waals surface area contributed by atoms with Crippen molar-refractivity contribution >= 4 is 5.97 Å². The van der Waals surface area contributed by atoms with Crippen molar-refractivity contribution < 1.29 is 19.4 Å². The molecule has 0 aromatic heterocycles. The van der Waals surface area contributed by atoms with Crippen LogP contribution in [0.4, 0.5) is 0 Å². The maximum atomic E-state index is 11.7. The number of benzene rings is 3. The molecular formula is C24H24O4. The topological polar surface area (TPSA) is 55.8 Å². The molecule has 144 valence electrons. The van der Waals surface area contributed by atoms with Gasteiger partial charge in [-0.15, -0.1) is 0 Å². The predicted octanol–water partition coefficient (Wildman–Crippen LogP) is 5.68. The van der Waals surface area contributed by atoms with Crippen LogP contribution in [0.3, 0.4) is 0 Å². The largest absolute Gasteiger partial charge is 0.478 e. The summed E-state index contributed by atoms with van der Waals surface area (Å²) < 4.78 is 11.6. The van der Waals surface area contributed by atoms with Gasteiger partial charge in [0.2, 0.25) is 0 Å². The number of para-hydroxylation sites is 2. The smallest absolute Gasteiger partial charge is 0.345 e. The Hall–Kier alpha value is -3.27. The Morgan fingerprint density at radius 3 is 2.11 bits per heavy atom. The van der Waals surface area contributed by atoms with Crippen LogP contribution >= 0.6 is 0 Å². The van der Waals surface area contributed by atoms with Crippen molar-refractivity contribution in [2.24, 2.45) is 0 Å². The lowest BCUT2D eigenvalue weighted by Crippen LogP contribution is -2.29. The first-order chi connectivity index (χ1) is 13.5. The van der Waals surface area contributed by atoms with E-state index in [2.05, 4.69) is 13.8 Å². The Labute approximate surface area is 165 Å². The van der Waals surface area contributed by atoms with E-state index in [1.54, 1.807) is 0 Å². The molecule has 0 spiro atoms. The minimum absolute atomic E-state index is 0.250. The minimum atomic E-state index is -0.983. The van der Waals surface area contributed by atoms with E-state index in [1.807, 2.05) is 78.9 Å². The molecule has 0 heterocycles. The quantitative estimate of drug-likeness (QED) is 0.550. The maximum absolute atomic E-state index is 11.7. The summed E-state index contributed by atoms with van der Waals surface area (Å²) in [4.78, 5) is 11.7. The Morgan fingerprint density at radius 1 is 0.857 bits per heavy atom. The monoisotopic (exact) mass is 376 g/mol. The van der Waals surface area contributed by atoms with Gasteiger partial charge in [-0.25, -0.2) is 4.79 Å². The van der Waals surface area contributed by atoms with Crippen LogP contribution in [0, 0.1) is 0 Å². The number of carbonyl (C=O) groups is 1. The van der Waals surface area contributed by atoms with Gasteiger partial charge in [-0.05, 0) is 47.4 Å². The van der Waals surface area contributed by atoms with Gasteiger partial charge in [-0.3, -0.25) is 0 Å². The van der Waals surface area contributed by atoms with E-state index >= 15 is 0 Å². The van der Waals surface area contributed by atoms with Crippen molar-refractivity contribution in [2.45, 2.75) is 32.3 Å². The summed E-state index contributed by atoms with van der Waals surface area (Å²) in [7, 11) is 0. The molecule has 4 heteroatoms. The SMILES string of the molecule is CC(C)c1ccccc1OC(Cc1ccc(Oc2ccccc2)cc1)C(=O)O. The second-order valence-electron chi connectivity index (χ2n) is 6.90. The summed E-state index contributed by atoms with van der Waals surface area (Å²) >= 11 is 0. The van der Waals surface area contributed by atoms with E-state index < -0.39 is 12.1 Å². The zero-order valence-corrected chi connectivity index (χ0v) is 16.0. The number of hydrogen-bond acceptors (Lipinski definition) is 3. The number of hydrogen-bond donors (Lipinski definition) is 1. The lowest BCUT2D eigenvalue weighted by Gasteiger charge is -2.19. The Balaban J connectivity index is 1.70. The second kappa shape index (κ2) is 9.09. The van der Waals surface area contributed by atoms with Crippen molar-refractivity contribution in [3.63, 3.8) is 0 Å². The second-order valence-corrected chi connectivity index (χ2v) is 6.90. The van der Waals surface area contributed by atoms with Gasteiger partial charge in [0.15, 0.2) is 6.10 Å². The zero-order chi connectivity index (χ0) is 19.9. The summed E-state index contributed by atoms with van der Waals surface area (Å²) in [5, 5.41) is 9.63. The molecule has 1 atom stereocenters. The first-order valence-electron chi connectivity index (χ1n) is 9.33. The highest BCUT2D eigenvalue weighted by Gasteiger charge is 2.22. The fourth-order valence-electron chi connectivity index (χ4n) is 2.93. The van der Waals surface area contributed by atoms with Crippen LogP contribution in [-0.4, -0.2) is 17.2 Å². The summed E-state index contributed by atoms with van der Waals surface area (Å²) in [5.41, 5.74) is 1.87. The lowest BCUT2D eigenvalue weighted by atomic mass is 10.0. The molecule has 0 amide bonds. The summed E-state index contributed by atoms with van der Waals surface area (Å²) in [6.07, 6.45) is -0.686. The number of carboxylic acid groups (broad SMARTS) is 1. The molecular weight excluding hydrogens is 352 g/mol. The van der Waals surface area contributed by atoms with E-state index in [1.165, 1.54) is 0 Å². The number of carboxylic acids is 1. The van der Waals surface area contributed by atoms with Crippen LogP contribution < -0.4 is 9.47 Å². The fraction of sp³-hybridized carbons (Fsp3) is 0.208. The molecule has 0 radical (unpaired) electrons. The van der Waals surface area contributed by atoms with Crippen molar-refractivity contribution in [2.75, 3.05) is 0 Å². The highest BCUT2D eigenvalue weighted by Crippen LogP contribution is 2.28. The highest BCUT2D eigenvalue weighted by molar-refractivity contribution is 5.73. The Kier molecular flexibility index (Phi) is 6.33. The zero-order valence-electron chi connectivity index (χ0n) is 16.0. The summed E-state index contributed by atoms with van der Waals surface area (Å²) in [6, 6.07) is 24.5. The summed E-state index contributed by atoms with van der Waals surface area (Å²) in [6.45, 7) is 4.12. The van der Waals surface area contributed by atoms with Gasteiger partial charge in [0, 0.05) is 6.42 Å². The van der Waals surface area contributed by atoms with Gasteiger partial charge < -0.3 is 14.6 Å². The van der Waals surface area contributed by atoms with Crippen LogP contribution in [0.25, 0.3) is 0 Å². The van der Waals surface area contributed by atoms with E-state index in [9.17, 15) is 9.90 Å². The molecule has 1 unspecified atom stereocenters. The molecule has 3 aromatic carbocycles. The first-order valence-corrected chi connectivity index (χ1v) is 9.33. The van der Waals surface area contributed by atoms with Gasteiger partial charge in [-0.2, -0.15) is 0 Å². The molecule has 0 aliphatic rings. The molecule has 28 heavy (non-hydrogen) atoms. The molecule has 3 rings (SSSR count). The van der Waals surface area contributed by atoms with E-state index in [0.717, 1.165) is 16.9 Å². The molecule has 3 aromatic rings. The molecule has 4 nitrogen and oxygen atoms in total. The average molecular weight is 376 g/mol. The van der Waals surface area contributed by atoms with Crippen molar-refractivity contribution in [3.8, 4) is 17.2 Å². The Morgan fingerprint density at radius 2 is 1.46 bits per heavy atom. The number of rotatable bonds is 8. The number of ether oxygens (including phenoxy) is 2. The molecule has 0 aliphatic carbocycles. The Bertz CT molecular complexity index is 901. The molecule has 0 aliphatic heterocycles. The standard InChI is InChI=1S/C24H24O4/c1-17(2)21-10-6-7-11-22(21)28-23(24(25)26)16-18-12-14-20(15-13-18)27-19-8-4-3-5-9-19/h3-15,17,23H,16H2,1-2H3,(H,25,26). The van der Waals surface area contributed by atoms with Gasteiger partial charge >= 0.3 is 5.97 Å². The predicted molar refractivity (Wildman–Crippen MR) is 109 cm³/mol. The molecule has 0 saturated carbocycles. The number of aliphatic carboxylic acids is 1. The molecule has 0 saturated heterocycles. The third kappa shape index (κ3) is 5.13. The van der Waals surface area contributed by atoms with Crippen LogP contribution in [-0.2, 0) is 11.2 Å². The maximum Gasteiger partial charge on any atom is 0.345 e. The minimum Gasteiger partial charge on any atom is -0.478 e. The highest BCUT2D eigenvalue weighted by atomic mass is 16.5. The fourth-order valence-corrected chi connectivity index (χ4v) is 2.93. The van der Waals surface area contributed by atoms with E-state index in [-0.39, 0.29) is 12.3 Å². The van der Waals surface area contributed by atoms with Gasteiger partial charge in [0.05, 0.1) is 0 Å². The average Bonchev–Trinajstić information content (AvgIpc) is 2.70. The summed E-state index contributed by atoms with van der Waals surface area (Å²) in [5.74, 6) is 1.34.